The van der Waals surface area contributed by atoms with Crippen LogP contribution in [0.2, 0.25) is 0 Å². The maximum Gasteiger partial charge on any atom is 0.325 e. The van der Waals surface area contributed by atoms with Crippen LogP contribution in [0.15, 0.2) is 24.3 Å². The minimum Gasteiger partial charge on any atom is -0.468 e. The second-order valence-corrected chi connectivity index (χ2v) is 5.14. The second-order valence-electron chi connectivity index (χ2n) is 5.14. The normalized spacial score (nSPS) is 11.9. The number of rotatable bonds is 5. The van der Waals surface area contributed by atoms with Gasteiger partial charge in [-0.05, 0) is 38.5 Å². The van der Waals surface area contributed by atoms with Crippen molar-refractivity contribution in [2.45, 2.75) is 32.9 Å². The second kappa shape index (κ2) is 7.64. The molecule has 6 nitrogen and oxygen atoms in total. The molecule has 0 bridgehead atoms. The molecule has 0 aliphatic rings. The molecular weight excluding hydrogens is 270 g/mol. The van der Waals surface area contributed by atoms with Gasteiger partial charge in [0, 0.05) is 17.8 Å². The highest BCUT2D eigenvalue weighted by molar-refractivity contribution is 5.91. The van der Waals surface area contributed by atoms with Crippen LogP contribution < -0.4 is 11.1 Å². The number of hydrogen-bond acceptors (Lipinski definition) is 4. The number of nitrogens with zero attached hydrogens (tertiary/aromatic N) is 1. The third kappa shape index (κ3) is 5.07. The Morgan fingerprint density at radius 1 is 1.33 bits per heavy atom. The number of nitrogens with two attached hydrogens (primary N) is 1. The number of nitrogens with one attached hydrogen (secondary N) is 1. The molecule has 0 saturated carbocycles. The Morgan fingerprint density at radius 2 is 2.00 bits per heavy atom. The van der Waals surface area contributed by atoms with E-state index in [-0.39, 0.29) is 24.7 Å². The van der Waals surface area contributed by atoms with E-state index in [9.17, 15) is 9.59 Å². The zero-order valence-corrected chi connectivity index (χ0v) is 12.9. The lowest BCUT2D eigenvalue weighted by Gasteiger charge is -2.25. The number of anilines is 1. The van der Waals surface area contributed by atoms with Crippen LogP contribution in [-0.2, 0) is 9.53 Å². The van der Waals surface area contributed by atoms with Gasteiger partial charge in [-0.2, -0.15) is 0 Å². The summed E-state index contributed by atoms with van der Waals surface area (Å²) in [6, 6.07) is 6.74. The standard InChI is InChI=1S/C15H23N3O3/c1-10(2)18(9-14(19)21-4)15(20)17-13-7-5-6-12(8-13)11(3)16/h5-8,10-11H,9,16H2,1-4H3,(H,17,20). The number of hydrogen-bond donors (Lipinski definition) is 2. The first-order chi connectivity index (χ1) is 9.85. The molecule has 3 N–H and O–H groups in total. The Bertz CT molecular complexity index is 501. The summed E-state index contributed by atoms with van der Waals surface area (Å²) in [5.41, 5.74) is 7.39. The van der Waals surface area contributed by atoms with E-state index in [1.165, 1.54) is 12.0 Å². The Kier molecular flexibility index (Phi) is 6.17. The monoisotopic (exact) mass is 293 g/mol. The van der Waals surface area contributed by atoms with Gasteiger partial charge in [0.05, 0.1) is 7.11 Å². The van der Waals surface area contributed by atoms with Gasteiger partial charge in [0.25, 0.3) is 0 Å². The lowest BCUT2D eigenvalue weighted by molar-refractivity contribution is -0.141. The number of ether oxygens (including phenoxy) is 1. The molecule has 0 fully saturated rings. The number of carbonyl (C=O) groups is 2. The molecule has 0 heterocycles. The quantitative estimate of drug-likeness (QED) is 0.814. The van der Waals surface area contributed by atoms with E-state index in [1.54, 1.807) is 6.07 Å². The fraction of sp³-hybridized carbons (Fsp3) is 0.467. The van der Waals surface area contributed by atoms with Crippen molar-refractivity contribution in [2.75, 3.05) is 19.0 Å². The largest absolute Gasteiger partial charge is 0.468 e. The maximum atomic E-state index is 12.3. The molecule has 116 valence electrons. The Morgan fingerprint density at radius 3 is 2.52 bits per heavy atom. The highest BCUT2D eigenvalue weighted by Crippen LogP contribution is 2.16. The summed E-state index contributed by atoms with van der Waals surface area (Å²) in [7, 11) is 1.30. The SMILES string of the molecule is COC(=O)CN(C(=O)Nc1cccc(C(C)N)c1)C(C)C. The van der Waals surface area contributed by atoms with Gasteiger partial charge in [-0.15, -0.1) is 0 Å². The van der Waals surface area contributed by atoms with Crippen molar-refractivity contribution in [2.24, 2.45) is 5.73 Å². The molecule has 0 aromatic heterocycles. The van der Waals surface area contributed by atoms with E-state index >= 15 is 0 Å². The molecule has 1 aromatic carbocycles. The van der Waals surface area contributed by atoms with Gasteiger partial charge in [-0.1, -0.05) is 12.1 Å². The van der Waals surface area contributed by atoms with Crippen molar-refractivity contribution in [3.63, 3.8) is 0 Å². The summed E-state index contributed by atoms with van der Waals surface area (Å²) in [4.78, 5) is 25.0. The highest BCUT2D eigenvalue weighted by atomic mass is 16.5. The first-order valence-electron chi connectivity index (χ1n) is 6.85. The molecule has 1 rings (SSSR count). The van der Waals surface area contributed by atoms with Crippen molar-refractivity contribution in [1.29, 1.82) is 0 Å². The Hall–Kier alpha value is -2.08. The molecule has 1 aromatic rings. The van der Waals surface area contributed by atoms with Crippen LogP contribution in [0.1, 0.15) is 32.4 Å². The fourth-order valence-corrected chi connectivity index (χ4v) is 1.79. The predicted molar refractivity (Wildman–Crippen MR) is 81.9 cm³/mol. The van der Waals surface area contributed by atoms with E-state index in [2.05, 4.69) is 10.1 Å². The molecule has 0 spiro atoms. The van der Waals surface area contributed by atoms with Gasteiger partial charge < -0.3 is 20.7 Å². The first-order valence-corrected chi connectivity index (χ1v) is 6.85. The minimum atomic E-state index is -0.455. The molecule has 1 atom stereocenters. The van der Waals surface area contributed by atoms with Gasteiger partial charge in [-0.25, -0.2) is 4.79 Å². The van der Waals surface area contributed by atoms with Crippen LogP contribution in [0, 0.1) is 0 Å². The molecular formula is C15H23N3O3. The number of benzene rings is 1. The average Bonchev–Trinajstić information content (AvgIpc) is 2.44. The van der Waals surface area contributed by atoms with E-state index in [1.807, 2.05) is 39.0 Å². The molecule has 21 heavy (non-hydrogen) atoms. The topological polar surface area (TPSA) is 84.7 Å². The third-order valence-electron chi connectivity index (χ3n) is 3.08. The summed E-state index contributed by atoms with van der Waals surface area (Å²) in [5, 5.41) is 2.77. The van der Waals surface area contributed by atoms with Crippen LogP contribution in [0.5, 0.6) is 0 Å². The van der Waals surface area contributed by atoms with Gasteiger partial charge in [-0.3, -0.25) is 4.79 Å². The van der Waals surface area contributed by atoms with E-state index in [0.717, 1.165) is 5.56 Å². The van der Waals surface area contributed by atoms with Crippen molar-refractivity contribution >= 4 is 17.7 Å². The van der Waals surface area contributed by atoms with Crippen molar-refractivity contribution in [3.05, 3.63) is 29.8 Å². The molecule has 2 amide bonds. The van der Waals surface area contributed by atoms with E-state index in [0.29, 0.717) is 5.69 Å². The van der Waals surface area contributed by atoms with Crippen molar-refractivity contribution in [3.8, 4) is 0 Å². The molecule has 0 aliphatic heterocycles. The fourth-order valence-electron chi connectivity index (χ4n) is 1.79. The molecule has 1 unspecified atom stereocenters. The minimum absolute atomic E-state index is 0.0903. The lowest BCUT2D eigenvalue weighted by Crippen LogP contribution is -2.43. The summed E-state index contributed by atoms with van der Waals surface area (Å²) >= 11 is 0. The van der Waals surface area contributed by atoms with Crippen LogP contribution >= 0.6 is 0 Å². The Labute approximate surface area is 125 Å². The zero-order chi connectivity index (χ0) is 16.0. The van der Waals surface area contributed by atoms with Crippen LogP contribution in [0.4, 0.5) is 10.5 Å². The Balaban J connectivity index is 2.81. The molecule has 6 heteroatoms. The predicted octanol–water partition coefficient (Wildman–Crippen LogP) is 2.12. The van der Waals surface area contributed by atoms with Crippen LogP contribution in [0.25, 0.3) is 0 Å². The smallest absolute Gasteiger partial charge is 0.325 e. The lowest BCUT2D eigenvalue weighted by atomic mass is 10.1. The number of methoxy groups -OCH3 is 1. The highest BCUT2D eigenvalue weighted by Gasteiger charge is 2.20. The maximum absolute atomic E-state index is 12.3. The molecule has 0 aliphatic carbocycles. The van der Waals surface area contributed by atoms with Crippen molar-refractivity contribution < 1.29 is 14.3 Å². The van der Waals surface area contributed by atoms with Gasteiger partial charge in [0.2, 0.25) is 0 Å². The van der Waals surface area contributed by atoms with Crippen molar-refractivity contribution in [1.82, 2.24) is 4.90 Å². The number of esters is 1. The molecule has 0 saturated heterocycles. The third-order valence-corrected chi connectivity index (χ3v) is 3.08. The number of amides is 2. The first kappa shape index (κ1) is 17.0. The molecule has 0 radical (unpaired) electrons. The van der Waals surface area contributed by atoms with Crippen LogP contribution in [0.3, 0.4) is 0 Å². The number of carbonyl (C=O) groups excluding carboxylic acids is 2. The van der Waals surface area contributed by atoms with Gasteiger partial charge >= 0.3 is 12.0 Å². The van der Waals surface area contributed by atoms with Crippen LogP contribution in [-0.4, -0.2) is 36.6 Å². The van der Waals surface area contributed by atoms with Gasteiger partial charge in [0.15, 0.2) is 0 Å². The number of urea groups is 1. The van der Waals surface area contributed by atoms with E-state index in [4.69, 9.17) is 5.73 Å². The summed E-state index contributed by atoms with van der Waals surface area (Å²) in [5.74, 6) is -0.455. The zero-order valence-electron chi connectivity index (χ0n) is 12.9. The van der Waals surface area contributed by atoms with Gasteiger partial charge in [0.1, 0.15) is 6.54 Å². The van der Waals surface area contributed by atoms with E-state index < -0.39 is 5.97 Å². The average molecular weight is 293 g/mol. The summed E-state index contributed by atoms with van der Waals surface area (Å²) in [6.07, 6.45) is 0. The summed E-state index contributed by atoms with van der Waals surface area (Å²) < 4.78 is 4.60. The summed E-state index contributed by atoms with van der Waals surface area (Å²) in [6.45, 7) is 5.45.